The molecule has 0 aromatic heterocycles. The van der Waals surface area contributed by atoms with Crippen molar-refractivity contribution in [3.05, 3.63) is 71.8 Å². The van der Waals surface area contributed by atoms with E-state index >= 15 is 0 Å². The van der Waals surface area contributed by atoms with Crippen LogP contribution in [0.4, 0.5) is 0 Å². The molecule has 0 radical (unpaired) electrons. The molecule has 1 aliphatic heterocycles. The Morgan fingerprint density at radius 2 is 1.81 bits per heavy atom. The van der Waals surface area contributed by atoms with Crippen LogP contribution < -0.4 is 0 Å². The number of carbonyl (C=O) groups is 1. The second kappa shape index (κ2) is 8.47. The highest BCUT2D eigenvalue weighted by molar-refractivity contribution is 5.81. The van der Waals surface area contributed by atoms with Crippen LogP contribution in [0.25, 0.3) is 0 Å². The van der Waals surface area contributed by atoms with E-state index < -0.39 is 11.6 Å². The highest BCUT2D eigenvalue weighted by Crippen LogP contribution is 2.28. The molecule has 2 aromatic rings. The summed E-state index contributed by atoms with van der Waals surface area (Å²) in [5, 5.41) is 11.3. The molecule has 2 unspecified atom stereocenters. The summed E-state index contributed by atoms with van der Waals surface area (Å²) >= 11 is 0. The Labute approximate surface area is 155 Å². The third kappa shape index (κ3) is 4.51. The van der Waals surface area contributed by atoms with E-state index in [1.54, 1.807) is 12.1 Å². The van der Waals surface area contributed by atoms with Crippen molar-refractivity contribution in [2.45, 2.75) is 24.9 Å². The number of likely N-dealkylation sites (tertiary alicyclic amines) is 1. The summed E-state index contributed by atoms with van der Waals surface area (Å²) in [7, 11) is 2.09. The zero-order chi connectivity index (χ0) is 18.4. The topological polar surface area (TPSA) is 49.8 Å². The molecule has 3 rings (SSSR count). The standard InChI is InChI=1S/C22H27NO3/c1-23-14-8-11-19(16-23)17-26-21(24)22(25,20-12-6-3-7-13-20)15-18-9-4-2-5-10-18/h2-7,9-10,12-13,19,25H,8,11,14-17H2,1H3. The molecule has 2 aromatic carbocycles. The van der Waals surface area contributed by atoms with Gasteiger partial charge in [-0.2, -0.15) is 0 Å². The van der Waals surface area contributed by atoms with E-state index in [4.69, 9.17) is 4.74 Å². The molecule has 1 aliphatic rings. The molecular formula is C22H27NO3. The maximum Gasteiger partial charge on any atom is 0.343 e. The largest absolute Gasteiger partial charge is 0.463 e. The second-order valence-electron chi connectivity index (χ2n) is 7.26. The summed E-state index contributed by atoms with van der Waals surface area (Å²) in [6, 6.07) is 18.6. The van der Waals surface area contributed by atoms with Gasteiger partial charge >= 0.3 is 5.97 Å². The molecule has 2 atom stereocenters. The van der Waals surface area contributed by atoms with Crippen molar-refractivity contribution in [2.24, 2.45) is 5.92 Å². The van der Waals surface area contributed by atoms with E-state index in [1.807, 2.05) is 48.5 Å². The normalized spacial score (nSPS) is 20.3. The van der Waals surface area contributed by atoms with E-state index in [0.29, 0.717) is 18.1 Å². The smallest absolute Gasteiger partial charge is 0.343 e. The Bertz CT molecular complexity index is 704. The van der Waals surface area contributed by atoms with Crippen LogP contribution in [0, 0.1) is 5.92 Å². The van der Waals surface area contributed by atoms with Gasteiger partial charge in [-0.15, -0.1) is 0 Å². The Balaban J connectivity index is 1.75. The number of carbonyl (C=O) groups excluding carboxylic acids is 1. The number of piperidine rings is 1. The zero-order valence-corrected chi connectivity index (χ0v) is 15.3. The molecule has 4 nitrogen and oxygen atoms in total. The first-order valence-electron chi connectivity index (χ1n) is 9.25. The van der Waals surface area contributed by atoms with Gasteiger partial charge in [0.05, 0.1) is 6.61 Å². The molecule has 0 bridgehead atoms. The van der Waals surface area contributed by atoms with Crippen molar-refractivity contribution in [3.63, 3.8) is 0 Å². The lowest BCUT2D eigenvalue weighted by molar-refractivity contribution is -0.168. The minimum atomic E-state index is -1.68. The van der Waals surface area contributed by atoms with Crippen LogP contribution in [0.15, 0.2) is 60.7 Å². The summed E-state index contributed by atoms with van der Waals surface area (Å²) < 4.78 is 5.61. The van der Waals surface area contributed by atoms with Crippen molar-refractivity contribution in [2.75, 3.05) is 26.7 Å². The van der Waals surface area contributed by atoms with Crippen LogP contribution in [0.2, 0.25) is 0 Å². The fraction of sp³-hybridized carbons (Fsp3) is 0.409. The molecule has 1 saturated heterocycles. The van der Waals surface area contributed by atoms with Gasteiger partial charge in [-0.25, -0.2) is 4.79 Å². The first-order valence-corrected chi connectivity index (χ1v) is 9.25. The zero-order valence-electron chi connectivity index (χ0n) is 15.3. The lowest BCUT2D eigenvalue weighted by Gasteiger charge is -2.31. The molecule has 0 spiro atoms. The molecule has 0 saturated carbocycles. The summed E-state index contributed by atoms with van der Waals surface area (Å²) in [4.78, 5) is 15.2. The van der Waals surface area contributed by atoms with Gasteiger partial charge in [0, 0.05) is 18.9 Å². The van der Waals surface area contributed by atoms with Crippen molar-refractivity contribution >= 4 is 5.97 Å². The fourth-order valence-corrected chi connectivity index (χ4v) is 3.62. The van der Waals surface area contributed by atoms with E-state index in [1.165, 1.54) is 0 Å². The molecule has 1 fully saturated rings. The molecule has 26 heavy (non-hydrogen) atoms. The van der Waals surface area contributed by atoms with Gasteiger partial charge in [-0.05, 0) is 37.6 Å². The number of rotatable bonds is 6. The number of esters is 1. The SMILES string of the molecule is CN1CCCC(COC(=O)C(O)(Cc2ccccc2)c2ccccc2)C1. The molecule has 1 N–H and O–H groups in total. The second-order valence-corrected chi connectivity index (χ2v) is 7.26. The van der Waals surface area contributed by atoms with Crippen LogP contribution in [0.1, 0.15) is 24.0 Å². The number of benzene rings is 2. The number of hydrogen-bond acceptors (Lipinski definition) is 4. The number of ether oxygens (including phenoxy) is 1. The predicted octanol–water partition coefficient (Wildman–Crippen LogP) is 3.00. The maximum atomic E-state index is 12.9. The molecule has 0 amide bonds. The predicted molar refractivity (Wildman–Crippen MR) is 102 cm³/mol. The minimum Gasteiger partial charge on any atom is -0.463 e. The van der Waals surface area contributed by atoms with Gasteiger partial charge in [0.15, 0.2) is 5.60 Å². The fourth-order valence-electron chi connectivity index (χ4n) is 3.62. The van der Waals surface area contributed by atoms with Crippen LogP contribution >= 0.6 is 0 Å². The Morgan fingerprint density at radius 1 is 1.15 bits per heavy atom. The average molecular weight is 353 g/mol. The third-order valence-electron chi connectivity index (χ3n) is 5.06. The Kier molecular flexibility index (Phi) is 6.07. The van der Waals surface area contributed by atoms with Crippen molar-refractivity contribution < 1.29 is 14.6 Å². The van der Waals surface area contributed by atoms with E-state index in [9.17, 15) is 9.90 Å². The Morgan fingerprint density at radius 3 is 2.46 bits per heavy atom. The number of aliphatic hydroxyl groups is 1. The van der Waals surface area contributed by atoms with E-state index in [2.05, 4.69) is 11.9 Å². The van der Waals surface area contributed by atoms with Crippen molar-refractivity contribution in [1.82, 2.24) is 4.90 Å². The van der Waals surface area contributed by atoms with Gasteiger partial charge in [-0.1, -0.05) is 60.7 Å². The molecule has 138 valence electrons. The molecular weight excluding hydrogens is 326 g/mol. The first-order chi connectivity index (χ1) is 12.6. The lowest BCUT2D eigenvalue weighted by atomic mass is 9.87. The van der Waals surface area contributed by atoms with Gasteiger partial charge in [-0.3, -0.25) is 0 Å². The van der Waals surface area contributed by atoms with Crippen LogP contribution in [0.5, 0.6) is 0 Å². The lowest BCUT2D eigenvalue weighted by Crippen LogP contribution is -2.41. The Hall–Kier alpha value is -2.17. The summed E-state index contributed by atoms with van der Waals surface area (Å²) in [6.45, 7) is 2.37. The first kappa shape index (κ1) is 18.6. The van der Waals surface area contributed by atoms with Crippen LogP contribution in [0.3, 0.4) is 0 Å². The van der Waals surface area contributed by atoms with Gasteiger partial charge in [0.2, 0.25) is 0 Å². The number of hydrogen-bond donors (Lipinski definition) is 1. The molecule has 1 heterocycles. The summed E-state index contributed by atoms with van der Waals surface area (Å²) in [5.41, 5.74) is -0.216. The van der Waals surface area contributed by atoms with Gasteiger partial charge in [0.1, 0.15) is 0 Å². The van der Waals surface area contributed by atoms with Crippen molar-refractivity contribution in [1.29, 1.82) is 0 Å². The highest BCUT2D eigenvalue weighted by Gasteiger charge is 2.40. The highest BCUT2D eigenvalue weighted by atomic mass is 16.5. The monoisotopic (exact) mass is 353 g/mol. The summed E-state index contributed by atoms with van der Waals surface area (Å²) in [5.74, 6) is -0.241. The summed E-state index contributed by atoms with van der Waals surface area (Å²) in [6.07, 6.45) is 2.37. The quantitative estimate of drug-likeness (QED) is 0.811. The van der Waals surface area contributed by atoms with E-state index in [0.717, 1.165) is 31.5 Å². The molecule has 0 aliphatic carbocycles. The number of nitrogens with zero attached hydrogens (tertiary/aromatic N) is 1. The van der Waals surface area contributed by atoms with Crippen molar-refractivity contribution in [3.8, 4) is 0 Å². The van der Waals surface area contributed by atoms with Crippen LogP contribution in [-0.2, 0) is 21.6 Å². The average Bonchev–Trinajstić information content (AvgIpc) is 2.67. The van der Waals surface area contributed by atoms with Gasteiger partial charge in [0.25, 0.3) is 0 Å². The minimum absolute atomic E-state index is 0.196. The maximum absolute atomic E-state index is 12.9. The van der Waals surface area contributed by atoms with E-state index in [-0.39, 0.29) is 6.42 Å². The van der Waals surface area contributed by atoms with Crippen LogP contribution in [-0.4, -0.2) is 42.7 Å². The third-order valence-corrected chi connectivity index (χ3v) is 5.06. The molecule has 4 heteroatoms. The van der Waals surface area contributed by atoms with Gasteiger partial charge < -0.3 is 14.7 Å².